The van der Waals surface area contributed by atoms with Crippen LogP contribution in [-0.2, 0) is 4.79 Å². The number of carbonyl (C=O) groups excluding carboxylic acids is 1. The first kappa shape index (κ1) is 15.5. The average molecular weight is 254 g/mol. The standard InChI is InChI=1S/C15H30N2O/c1-5-10-17(11-7-13(3)6-2)14(18)15(4)8-9-16-12-15/h13,16H,5-12H2,1-4H3. The summed E-state index contributed by atoms with van der Waals surface area (Å²) in [6, 6.07) is 0. The van der Waals surface area contributed by atoms with Crippen LogP contribution in [0.5, 0.6) is 0 Å². The van der Waals surface area contributed by atoms with Gasteiger partial charge in [-0.1, -0.05) is 27.2 Å². The number of hydrogen-bond acceptors (Lipinski definition) is 2. The van der Waals surface area contributed by atoms with Crippen LogP contribution in [-0.4, -0.2) is 37.0 Å². The Kier molecular flexibility index (Phi) is 6.13. The summed E-state index contributed by atoms with van der Waals surface area (Å²) in [4.78, 5) is 14.7. The molecule has 0 radical (unpaired) electrons. The maximum absolute atomic E-state index is 12.6. The predicted octanol–water partition coefficient (Wildman–Crippen LogP) is 2.66. The lowest BCUT2D eigenvalue weighted by atomic mass is 9.87. The quantitative estimate of drug-likeness (QED) is 0.757. The molecule has 1 amide bonds. The lowest BCUT2D eigenvalue weighted by Gasteiger charge is -2.31. The van der Waals surface area contributed by atoms with Crippen LogP contribution >= 0.6 is 0 Å². The second-order valence-electron chi connectivity index (χ2n) is 6.08. The molecule has 0 aromatic carbocycles. The van der Waals surface area contributed by atoms with Crippen molar-refractivity contribution in [2.24, 2.45) is 11.3 Å². The molecule has 2 unspecified atom stereocenters. The van der Waals surface area contributed by atoms with Crippen LogP contribution in [0.15, 0.2) is 0 Å². The molecule has 1 heterocycles. The van der Waals surface area contributed by atoms with E-state index in [-0.39, 0.29) is 5.41 Å². The highest BCUT2D eigenvalue weighted by atomic mass is 16.2. The van der Waals surface area contributed by atoms with Crippen LogP contribution in [0.25, 0.3) is 0 Å². The van der Waals surface area contributed by atoms with Crippen LogP contribution in [0.2, 0.25) is 0 Å². The van der Waals surface area contributed by atoms with Gasteiger partial charge in [-0.15, -0.1) is 0 Å². The van der Waals surface area contributed by atoms with Crippen molar-refractivity contribution in [2.45, 2.75) is 53.4 Å². The normalized spacial score (nSPS) is 25.1. The number of amides is 1. The Balaban J connectivity index is 2.57. The van der Waals surface area contributed by atoms with Crippen LogP contribution in [0.3, 0.4) is 0 Å². The molecule has 1 aliphatic heterocycles. The molecule has 18 heavy (non-hydrogen) atoms. The van der Waals surface area contributed by atoms with E-state index in [9.17, 15) is 4.79 Å². The fourth-order valence-corrected chi connectivity index (χ4v) is 2.55. The summed E-state index contributed by atoms with van der Waals surface area (Å²) in [7, 11) is 0. The van der Waals surface area contributed by atoms with Crippen molar-refractivity contribution in [3.05, 3.63) is 0 Å². The van der Waals surface area contributed by atoms with E-state index in [0.717, 1.165) is 45.4 Å². The van der Waals surface area contributed by atoms with Gasteiger partial charge < -0.3 is 10.2 Å². The zero-order valence-corrected chi connectivity index (χ0v) is 12.6. The molecule has 1 aliphatic rings. The van der Waals surface area contributed by atoms with E-state index in [1.54, 1.807) is 0 Å². The number of hydrogen-bond donors (Lipinski definition) is 1. The molecule has 0 saturated carbocycles. The highest BCUT2D eigenvalue weighted by Crippen LogP contribution is 2.27. The van der Waals surface area contributed by atoms with E-state index in [0.29, 0.717) is 11.8 Å². The molecule has 3 heteroatoms. The summed E-state index contributed by atoms with van der Waals surface area (Å²) in [5.74, 6) is 1.07. The number of nitrogens with one attached hydrogen (secondary N) is 1. The lowest BCUT2D eigenvalue weighted by molar-refractivity contribution is -0.140. The van der Waals surface area contributed by atoms with Crippen molar-refractivity contribution >= 4 is 5.91 Å². The van der Waals surface area contributed by atoms with Gasteiger partial charge in [0.2, 0.25) is 5.91 Å². The molecule has 0 aromatic rings. The molecule has 1 N–H and O–H groups in total. The maximum atomic E-state index is 12.6. The summed E-state index contributed by atoms with van der Waals surface area (Å²) in [5, 5.41) is 3.32. The molecule has 3 nitrogen and oxygen atoms in total. The van der Waals surface area contributed by atoms with Crippen LogP contribution < -0.4 is 5.32 Å². The minimum absolute atomic E-state index is 0.162. The average Bonchev–Trinajstić information content (AvgIpc) is 2.81. The van der Waals surface area contributed by atoms with Gasteiger partial charge in [0.25, 0.3) is 0 Å². The number of nitrogens with zero attached hydrogens (tertiary/aromatic N) is 1. The third-order valence-electron chi connectivity index (χ3n) is 4.25. The van der Waals surface area contributed by atoms with Gasteiger partial charge in [0.15, 0.2) is 0 Å². The molecule has 2 atom stereocenters. The highest BCUT2D eigenvalue weighted by Gasteiger charge is 2.38. The van der Waals surface area contributed by atoms with E-state index in [4.69, 9.17) is 0 Å². The Bertz CT molecular complexity index is 259. The minimum atomic E-state index is -0.162. The molecular weight excluding hydrogens is 224 g/mol. The van der Waals surface area contributed by atoms with E-state index in [1.807, 2.05) is 0 Å². The molecule has 0 aliphatic carbocycles. The Labute approximate surface area is 112 Å². The molecule has 1 rings (SSSR count). The second kappa shape index (κ2) is 7.13. The molecule has 0 spiro atoms. The molecular formula is C15H30N2O. The van der Waals surface area contributed by atoms with Gasteiger partial charge in [-0.05, 0) is 38.6 Å². The van der Waals surface area contributed by atoms with Gasteiger partial charge >= 0.3 is 0 Å². The fourth-order valence-electron chi connectivity index (χ4n) is 2.55. The van der Waals surface area contributed by atoms with Gasteiger partial charge in [0, 0.05) is 19.6 Å². The van der Waals surface area contributed by atoms with Crippen LogP contribution in [0, 0.1) is 11.3 Å². The molecule has 1 saturated heterocycles. The van der Waals surface area contributed by atoms with Crippen LogP contribution in [0.4, 0.5) is 0 Å². The number of rotatable bonds is 7. The summed E-state index contributed by atoms with van der Waals surface area (Å²) in [5.41, 5.74) is -0.162. The van der Waals surface area contributed by atoms with Crippen molar-refractivity contribution < 1.29 is 4.79 Å². The molecule has 106 valence electrons. The Morgan fingerprint density at radius 1 is 1.39 bits per heavy atom. The third kappa shape index (κ3) is 3.98. The van der Waals surface area contributed by atoms with Crippen LogP contribution in [0.1, 0.15) is 53.4 Å². The third-order valence-corrected chi connectivity index (χ3v) is 4.25. The highest BCUT2D eigenvalue weighted by molar-refractivity contribution is 5.83. The molecule has 0 aromatic heterocycles. The first-order valence-electron chi connectivity index (χ1n) is 7.53. The summed E-state index contributed by atoms with van der Waals surface area (Å²) in [6.45, 7) is 12.4. The van der Waals surface area contributed by atoms with Gasteiger partial charge in [-0.25, -0.2) is 0 Å². The maximum Gasteiger partial charge on any atom is 0.229 e. The predicted molar refractivity (Wildman–Crippen MR) is 76.5 cm³/mol. The van der Waals surface area contributed by atoms with Crippen molar-refractivity contribution in [1.29, 1.82) is 0 Å². The van der Waals surface area contributed by atoms with Gasteiger partial charge in [0.05, 0.1) is 5.41 Å². The Hall–Kier alpha value is -0.570. The summed E-state index contributed by atoms with van der Waals surface area (Å²) in [6.07, 6.45) is 4.36. The van der Waals surface area contributed by atoms with E-state index >= 15 is 0 Å². The smallest absolute Gasteiger partial charge is 0.229 e. The van der Waals surface area contributed by atoms with Crippen molar-refractivity contribution in [1.82, 2.24) is 10.2 Å². The van der Waals surface area contributed by atoms with Gasteiger partial charge in [-0.2, -0.15) is 0 Å². The monoisotopic (exact) mass is 254 g/mol. The first-order valence-corrected chi connectivity index (χ1v) is 7.53. The van der Waals surface area contributed by atoms with Crippen molar-refractivity contribution in [3.63, 3.8) is 0 Å². The van der Waals surface area contributed by atoms with E-state index in [1.165, 1.54) is 6.42 Å². The topological polar surface area (TPSA) is 32.3 Å². The first-order chi connectivity index (χ1) is 8.53. The zero-order chi connectivity index (χ0) is 13.6. The van der Waals surface area contributed by atoms with Crippen molar-refractivity contribution in [3.8, 4) is 0 Å². The fraction of sp³-hybridized carbons (Fsp3) is 0.933. The van der Waals surface area contributed by atoms with E-state index < -0.39 is 0 Å². The number of carbonyl (C=O) groups is 1. The SMILES string of the molecule is CCCN(CCC(C)CC)C(=O)C1(C)CCNC1. The Morgan fingerprint density at radius 2 is 2.11 bits per heavy atom. The Morgan fingerprint density at radius 3 is 2.61 bits per heavy atom. The van der Waals surface area contributed by atoms with Gasteiger partial charge in [0.1, 0.15) is 0 Å². The second-order valence-corrected chi connectivity index (χ2v) is 6.08. The summed E-state index contributed by atoms with van der Waals surface area (Å²) < 4.78 is 0. The van der Waals surface area contributed by atoms with Gasteiger partial charge in [-0.3, -0.25) is 4.79 Å². The molecule has 0 bridgehead atoms. The minimum Gasteiger partial charge on any atom is -0.342 e. The van der Waals surface area contributed by atoms with Crippen molar-refractivity contribution in [2.75, 3.05) is 26.2 Å². The van der Waals surface area contributed by atoms with E-state index in [2.05, 4.69) is 37.9 Å². The molecule has 1 fully saturated rings. The largest absolute Gasteiger partial charge is 0.342 e. The lowest BCUT2D eigenvalue weighted by Crippen LogP contribution is -2.44. The zero-order valence-electron chi connectivity index (χ0n) is 12.6. The summed E-state index contributed by atoms with van der Waals surface area (Å²) >= 11 is 0.